The molecule has 8 nitrogen and oxygen atoms in total. The van der Waals surface area contributed by atoms with Gasteiger partial charge in [0, 0.05) is 32.6 Å². The molecule has 0 radical (unpaired) electrons. The molecule has 3 aromatic rings. The number of aromatic amines is 1. The molecule has 8 heteroatoms. The molecule has 4 rings (SSSR count). The van der Waals surface area contributed by atoms with Crippen LogP contribution >= 0.6 is 0 Å². The molecule has 2 aromatic heterocycles. The predicted molar refractivity (Wildman–Crippen MR) is 104 cm³/mol. The van der Waals surface area contributed by atoms with Gasteiger partial charge in [-0.1, -0.05) is 19.1 Å². The summed E-state index contributed by atoms with van der Waals surface area (Å²) >= 11 is 0. The minimum atomic E-state index is -0.268. The molecular weight excluding hydrogens is 342 g/mol. The fraction of sp³-hybridized carbons (Fsp3) is 0.474. The van der Waals surface area contributed by atoms with Crippen LogP contribution in [0.5, 0.6) is 0 Å². The average molecular weight is 367 g/mol. The Hall–Kier alpha value is -2.90. The number of fused-ring (bicyclic) bond motifs is 1. The lowest BCUT2D eigenvalue weighted by molar-refractivity contribution is -0.134. The largest absolute Gasteiger partial charge is 0.338 e. The SMILES string of the molecule is CCCc1nc2ccccc2n1[C@@H](C)C(=O)N1CCN(c2ncn[nH]2)CC1. The first-order valence-corrected chi connectivity index (χ1v) is 9.54. The number of carbonyl (C=O) groups excluding carboxylic acids is 1. The highest BCUT2D eigenvalue weighted by Gasteiger charge is 2.28. The van der Waals surface area contributed by atoms with Gasteiger partial charge in [0.05, 0.1) is 11.0 Å². The number of imidazole rings is 1. The molecule has 1 amide bonds. The Morgan fingerprint density at radius 2 is 2.00 bits per heavy atom. The van der Waals surface area contributed by atoms with E-state index in [1.54, 1.807) is 0 Å². The van der Waals surface area contributed by atoms with Crippen molar-refractivity contribution in [2.75, 3.05) is 31.1 Å². The van der Waals surface area contributed by atoms with Gasteiger partial charge < -0.3 is 14.4 Å². The molecule has 0 aliphatic carbocycles. The number of para-hydroxylation sites is 2. The van der Waals surface area contributed by atoms with Gasteiger partial charge in [0.15, 0.2) is 0 Å². The van der Waals surface area contributed by atoms with Crippen molar-refractivity contribution in [2.24, 2.45) is 0 Å². The normalized spacial score (nSPS) is 16.1. The summed E-state index contributed by atoms with van der Waals surface area (Å²) in [4.78, 5) is 26.2. The van der Waals surface area contributed by atoms with Gasteiger partial charge in [0.2, 0.25) is 11.9 Å². The summed E-state index contributed by atoms with van der Waals surface area (Å²) in [6.07, 6.45) is 3.38. The first-order chi connectivity index (χ1) is 13.2. The van der Waals surface area contributed by atoms with E-state index >= 15 is 0 Å². The highest BCUT2D eigenvalue weighted by molar-refractivity contribution is 5.84. The molecule has 1 aliphatic heterocycles. The van der Waals surface area contributed by atoms with Gasteiger partial charge in [0.1, 0.15) is 18.2 Å². The second-order valence-electron chi connectivity index (χ2n) is 6.93. The fourth-order valence-corrected chi connectivity index (χ4v) is 3.79. The molecule has 1 N–H and O–H groups in total. The number of H-pyrrole nitrogens is 1. The number of rotatable bonds is 5. The second kappa shape index (κ2) is 7.38. The highest BCUT2D eigenvalue weighted by atomic mass is 16.2. The number of hydrogen-bond acceptors (Lipinski definition) is 5. The molecule has 142 valence electrons. The maximum Gasteiger partial charge on any atom is 0.245 e. The number of nitrogens with one attached hydrogen (secondary N) is 1. The van der Waals surface area contributed by atoms with E-state index < -0.39 is 0 Å². The zero-order valence-corrected chi connectivity index (χ0v) is 15.8. The number of anilines is 1. The monoisotopic (exact) mass is 367 g/mol. The summed E-state index contributed by atoms with van der Waals surface area (Å²) in [6, 6.07) is 7.79. The zero-order chi connectivity index (χ0) is 18.8. The molecule has 1 atom stereocenters. The number of carbonyl (C=O) groups is 1. The fourth-order valence-electron chi connectivity index (χ4n) is 3.79. The Morgan fingerprint density at radius 3 is 2.70 bits per heavy atom. The Labute approximate surface area is 158 Å². The van der Waals surface area contributed by atoms with Gasteiger partial charge in [-0.15, -0.1) is 0 Å². The quantitative estimate of drug-likeness (QED) is 0.746. The van der Waals surface area contributed by atoms with Crippen LogP contribution in [0.1, 0.15) is 32.1 Å². The maximum absolute atomic E-state index is 13.2. The molecule has 0 saturated carbocycles. The topological polar surface area (TPSA) is 82.9 Å². The van der Waals surface area contributed by atoms with Crippen LogP contribution in [0.15, 0.2) is 30.6 Å². The number of nitrogens with zero attached hydrogens (tertiary/aromatic N) is 6. The lowest BCUT2D eigenvalue weighted by Crippen LogP contribution is -2.50. The first-order valence-electron chi connectivity index (χ1n) is 9.54. The molecule has 1 fully saturated rings. The Kier molecular flexibility index (Phi) is 4.79. The van der Waals surface area contributed by atoms with Crippen LogP contribution in [-0.2, 0) is 11.2 Å². The third-order valence-corrected chi connectivity index (χ3v) is 5.18. The Balaban J connectivity index is 1.53. The summed E-state index contributed by atoms with van der Waals surface area (Å²) in [5, 5.41) is 6.79. The molecule has 27 heavy (non-hydrogen) atoms. The molecule has 0 spiro atoms. The van der Waals surface area contributed by atoms with Gasteiger partial charge in [-0.2, -0.15) is 10.1 Å². The number of aromatic nitrogens is 5. The van der Waals surface area contributed by atoms with Crippen molar-refractivity contribution < 1.29 is 4.79 Å². The maximum atomic E-state index is 13.2. The van der Waals surface area contributed by atoms with Gasteiger partial charge in [0.25, 0.3) is 0 Å². The van der Waals surface area contributed by atoms with Crippen molar-refractivity contribution >= 4 is 22.9 Å². The van der Waals surface area contributed by atoms with E-state index in [2.05, 4.69) is 31.6 Å². The van der Waals surface area contributed by atoms with Gasteiger partial charge >= 0.3 is 0 Å². The van der Waals surface area contributed by atoms with Gasteiger partial charge in [-0.05, 0) is 25.5 Å². The van der Waals surface area contributed by atoms with Gasteiger partial charge in [-0.25, -0.2) is 10.1 Å². The van der Waals surface area contributed by atoms with Crippen LogP contribution in [0, 0.1) is 0 Å². The predicted octanol–water partition coefficient (Wildman–Crippen LogP) is 2.02. The van der Waals surface area contributed by atoms with Crippen LogP contribution in [0.25, 0.3) is 11.0 Å². The van der Waals surface area contributed by atoms with E-state index in [0.29, 0.717) is 13.1 Å². The van der Waals surface area contributed by atoms with Crippen molar-refractivity contribution in [3.63, 3.8) is 0 Å². The third kappa shape index (κ3) is 3.27. The molecule has 1 aromatic carbocycles. The van der Waals surface area contributed by atoms with Crippen LogP contribution in [0.3, 0.4) is 0 Å². The molecule has 0 bridgehead atoms. The van der Waals surface area contributed by atoms with Crippen molar-refractivity contribution in [1.82, 2.24) is 29.6 Å². The summed E-state index contributed by atoms with van der Waals surface area (Å²) < 4.78 is 2.12. The summed E-state index contributed by atoms with van der Waals surface area (Å²) in [5.41, 5.74) is 1.98. The standard InChI is InChI=1S/C19H25N7O/c1-3-6-17-22-15-7-4-5-8-16(15)26(17)14(2)18(27)24-9-11-25(12-10-24)19-20-13-21-23-19/h4-5,7-8,13-14H,3,6,9-12H2,1-2H3,(H,20,21,23)/t14-/m0/s1. The molecule has 1 saturated heterocycles. The van der Waals surface area contributed by atoms with E-state index in [1.807, 2.05) is 36.1 Å². The minimum absolute atomic E-state index is 0.146. The van der Waals surface area contributed by atoms with Crippen LogP contribution in [-0.4, -0.2) is 61.7 Å². The molecule has 3 heterocycles. The third-order valence-electron chi connectivity index (χ3n) is 5.18. The highest BCUT2D eigenvalue weighted by Crippen LogP contribution is 2.24. The second-order valence-corrected chi connectivity index (χ2v) is 6.93. The summed E-state index contributed by atoms with van der Waals surface area (Å²) in [7, 11) is 0. The number of piperazine rings is 1. The lowest BCUT2D eigenvalue weighted by atomic mass is 10.2. The van der Waals surface area contributed by atoms with Gasteiger partial charge in [-0.3, -0.25) is 4.79 Å². The zero-order valence-electron chi connectivity index (χ0n) is 15.8. The average Bonchev–Trinajstić information content (AvgIpc) is 3.35. The van der Waals surface area contributed by atoms with E-state index in [4.69, 9.17) is 4.98 Å². The van der Waals surface area contributed by atoms with E-state index in [-0.39, 0.29) is 11.9 Å². The van der Waals surface area contributed by atoms with Crippen LogP contribution in [0.4, 0.5) is 5.95 Å². The summed E-state index contributed by atoms with van der Waals surface area (Å²) in [5.74, 6) is 1.90. The van der Waals surface area contributed by atoms with Crippen LogP contribution in [0.2, 0.25) is 0 Å². The van der Waals surface area contributed by atoms with Crippen molar-refractivity contribution in [1.29, 1.82) is 0 Å². The first kappa shape index (κ1) is 17.5. The number of amides is 1. The van der Waals surface area contributed by atoms with Crippen molar-refractivity contribution in [2.45, 2.75) is 32.7 Å². The molecule has 1 aliphatic rings. The number of hydrogen-bond donors (Lipinski definition) is 1. The number of aryl methyl sites for hydroxylation is 1. The van der Waals surface area contributed by atoms with E-state index in [1.165, 1.54) is 6.33 Å². The Bertz CT molecular complexity index is 909. The lowest BCUT2D eigenvalue weighted by Gasteiger charge is -2.36. The van der Waals surface area contributed by atoms with E-state index in [9.17, 15) is 4.79 Å². The molecular formula is C19H25N7O. The minimum Gasteiger partial charge on any atom is -0.338 e. The van der Waals surface area contributed by atoms with Crippen LogP contribution < -0.4 is 4.90 Å². The van der Waals surface area contributed by atoms with Crippen molar-refractivity contribution in [3.05, 3.63) is 36.4 Å². The smallest absolute Gasteiger partial charge is 0.245 e. The van der Waals surface area contributed by atoms with E-state index in [0.717, 1.165) is 48.7 Å². The van der Waals surface area contributed by atoms with Crippen molar-refractivity contribution in [3.8, 4) is 0 Å². The number of benzene rings is 1. The summed E-state index contributed by atoms with van der Waals surface area (Å²) in [6.45, 7) is 6.98. The Morgan fingerprint density at radius 1 is 1.22 bits per heavy atom. The molecule has 0 unspecified atom stereocenters.